The lowest BCUT2D eigenvalue weighted by molar-refractivity contribution is -0.0674. The Bertz CT molecular complexity index is 356. The first-order valence-electron chi connectivity index (χ1n) is 5.42. The molecule has 1 aliphatic rings. The van der Waals surface area contributed by atoms with Gasteiger partial charge in [-0.05, 0) is 26.3 Å². The van der Waals surface area contributed by atoms with Crippen molar-refractivity contribution in [1.29, 1.82) is 0 Å². The van der Waals surface area contributed by atoms with Crippen LogP contribution in [0.2, 0.25) is 0 Å². The summed E-state index contributed by atoms with van der Waals surface area (Å²) in [6.07, 6.45) is 4.41. The van der Waals surface area contributed by atoms with Crippen molar-refractivity contribution in [3.63, 3.8) is 0 Å². The van der Waals surface area contributed by atoms with Gasteiger partial charge in [-0.3, -0.25) is 0 Å². The molecule has 0 bridgehead atoms. The highest BCUT2D eigenvalue weighted by molar-refractivity contribution is 5.30. The van der Waals surface area contributed by atoms with E-state index in [1.54, 1.807) is 0 Å². The number of rotatable bonds is 4. The molecule has 0 saturated heterocycles. The predicted octanol–water partition coefficient (Wildman–Crippen LogP) is 3.56. The van der Waals surface area contributed by atoms with Crippen LogP contribution in [0.25, 0.3) is 0 Å². The first-order valence-corrected chi connectivity index (χ1v) is 5.42. The topological polar surface area (TPSA) is 9.23 Å². The minimum atomic E-state index is -0.108. The van der Waals surface area contributed by atoms with Gasteiger partial charge >= 0.3 is 0 Å². The van der Waals surface area contributed by atoms with E-state index in [0.717, 1.165) is 0 Å². The van der Waals surface area contributed by atoms with Crippen molar-refractivity contribution < 1.29 is 4.74 Å². The molecule has 1 aliphatic carbocycles. The first-order chi connectivity index (χ1) is 7.04. The summed E-state index contributed by atoms with van der Waals surface area (Å²) in [7, 11) is 0. The summed E-state index contributed by atoms with van der Waals surface area (Å²) in [5.41, 5.74) is 1.28. The summed E-state index contributed by atoms with van der Waals surface area (Å²) >= 11 is 0. The Balaban J connectivity index is 1.93. The lowest BCUT2D eigenvalue weighted by Crippen LogP contribution is -2.35. The maximum atomic E-state index is 5.98. The molecule has 2 rings (SSSR count). The molecule has 0 amide bonds. The molecule has 80 valence electrons. The highest BCUT2D eigenvalue weighted by Gasteiger charge is 2.44. The van der Waals surface area contributed by atoms with E-state index in [9.17, 15) is 0 Å². The lowest BCUT2D eigenvalue weighted by Gasteiger charge is -2.32. The molecule has 0 aliphatic heterocycles. The van der Waals surface area contributed by atoms with E-state index in [-0.39, 0.29) is 11.0 Å². The van der Waals surface area contributed by atoms with Crippen LogP contribution in [0.1, 0.15) is 26.3 Å². The van der Waals surface area contributed by atoms with Crippen molar-refractivity contribution in [2.24, 2.45) is 5.41 Å². The molecule has 0 saturated carbocycles. The van der Waals surface area contributed by atoms with Crippen LogP contribution < -0.4 is 0 Å². The van der Waals surface area contributed by atoms with Crippen LogP contribution in [-0.2, 0) is 11.3 Å². The SMILES string of the molecule is CC1(C(C)(C)OCc2ccccc2)C=C1. The number of ether oxygens (including phenoxy) is 1. The lowest BCUT2D eigenvalue weighted by atomic mass is 9.87. The van der Waals surface area contributed by atoms with Gasteiger partial charge in [-0.25, -0.2) is 0 Å². The van der Waals surface area contributed by atoms with Crippen LogP contribution in [0.5, 0.6) is 0 Å². The average Bonchev–Trinajstić information content (AvgIpc) is 2.97. The fraction of sp³-hybridized carbons (Fsp3) is 0.429. The Morgan fingerprint density at radius 2 is 1.73 bits per heavy atom. The van der Waals surface area contributed by atoms with E-state index in [1.807, 2.05) is 18.2 Å². The van der Waals surface area contributed by atoms with E-state index in [0.29, 0.717) is 6.61 Å². The van der Waals surface area contributed by atoms with Gasteiger partial charge in [-0.1, -0.05) is 42.5 Å². The standard InChI is InChI=1S/C14H18O/c1-13(2,14(3)9-10-14)15-11-12-7-5-4-6-8-12/h4-10H,11H2,1-3H3. The summed E-state index contributed by atoms with van der Waals surface area (Å²) in [6.45, 7) is 7.19. The van der Waals surface area contributed by atoms with Gasteiger partial charge in [0.15, 0.2) is 0 Å². The summed E-state index contributed by atoms with van der Waals surface area (Å²) in [5.74, 6) is 0. The maximum absolute atomic E-state index is 5.98. The zero-order valence-electron chi connectivity index (χ0n) is 9.66. The van der Waals surface area contributed by atoms with E-state index < -0.39 is 0 Å². The Labute approximate surface area is 91.8 Å². The van der Waals surface area contributed by atoms with Gasteiger partial charge in [0.2, 0.25) is 0 Å². The molecular weight excluding hydrogens is 184 g/mol. The van der Waals surface area contributed by atoms with Gasteiger partial charge in [-0.2, -0.15) is 0 Å². The first kappa shape index (κ1) is 10.4. The number of hydrogen-bond donors (Lipinski definition) is 0. The molecule has 0 radical (unpaired) electrons. The van der Waals surface area contributed by atoms with Crippen molar-refractivity contribution in [2.45, 2.75) is 33.0 Å². The Kier molecular flexibility index (Phi) is 2.43. The van der Waals surface area contributed by atoms with Crippen LogP contribution in [0.15, 0.2) is 42.5 Å². The number of benzene rings is 1. The largest absolute Gasteiger partial charge is 0.370 e. The van der Waals surface area contributed by atoms with Crippen molar-refractivity contribution in [1.82, 2.24) is 0 Å². The summed E-state index contributed by atoms with van der Waals surface area (Å²) < 4.78 is 5.98. The van der Waals surface area contributed by atoms with Crippen LogP contribution in [0.3, 0.4) is 0 Å². The van der Waals surface area contributed by atoms with Gasteiger partial charge in [-0.15, -0.1) is 0 Å². The van der Waals surface area contributed by atoms with Gasteiger partial charge in [0.25, 0.3) is 0 Å². The van der Waals surface area contributed by atoms with Crippen molar-refractivity contribution in [3.8, 4) is 0 Å². The molecule has 0 atom stereocenters. The van der Waals surface area contributed by atoms with Crippen LogP contribution in [0, 0.1) is 5.41 Å². The van der Waals surface area contributed by atoms with Gasteiger partial charge in [0.05, 0.1) is 12.2 Å². The fourth-order valence-electron chi connectivity index (χ4n) is 1.52. The molecular formula is C14H18O. The maximum Gasteiger partial charge on any atom is 0.0753 e. The van der Waals surface area contributed by atoms with Crippen molar-refractivity contribution in [3.05, 3.63) is 48.0 Å². The highest BCUT2D eigenvalue weighted by Crippen LogP contribution is 2.46. The molecule has 15 heavy (non-hydrogen) atoms. The van der Waals surface area contributed by atoms with Gasteiger partial charge in [0, 0.05) is 5.41 Å². The Morgan fingerprint density at radius 1 is 1.13 bits per heavy atom. The molecule has 0 spiro atoms. The molecule has 1 aromatic rings. The molecule has 0 fully saturated rings. The quantitative estimate of drug-likeness (QED) is 0.678. The second-order valence-corrected chi connectivity index (χ2v) is 4.90. The Hall–Kier alpha value is -1.08. The molecule has 0 unspecified atom stereocenters. The minimum absolute atomic E-state index is 0.108. The molecule has 1 heteroatoms. The zero-order valence-corrected chi connectivity index (χ0v) is 9.66. The van der Waals surface area contributed by atoms with E-state index in [2.05, 4.69) is 45.1 Å². The van der Waals surface area contributed by atoms with Crippen molar-refractivity contribution in [2.75, 3.05) is 0 Å². The summed E-state index contributed by atoms with van der Waals surface area (Å²) in [5, 5.41) is 0. The third-order valence-corrected chi connectivity index (χ3v) is 3.41. The summed E-state index contributed by atoms with van der Waals surface area (Å²) in [4.78, 5) is 0. The van der Waals surface area contributed by atoms with Crippen LogP contribution in [-0.4, -0.2) is 5.60 Å². The molecule has 1 nitrogen and oxygen atoms in total. The second-order valence-electron chi connectivity index (χ2n) is 4.90. The van der Waals surface area contributed by atoms with E-state index in [1.165, 1.54) is 5.56 Å². The van der Waals surface area contributed by atoms with Gasteiger partial charge < -0.3 is 4.74 Å². The van der Waals surface area contributed by atoms with E-state index in [4.69, 9.17) is 4.74 Å². The van der Waals surface area contributed by atoms with Gasteiger partial charge in [0.1, 0.15) is 0 Å². The highest BCUT2D eigenvalue weighted by atomic mass is 16.5. The van der Waals surface area contributed by atoms with Crippen LogP contribution >= 0.6 is 0 Å². The second kappa shape index (κ2) is 3.49. The van der Waals surface area contributed by atoms with Crippen molar-refractivity contribution >= 4 is 0 Å². The molecule has 0 aromatic heterocycles. The fourth-order valence-corrected chi connectivity index (χ4v) is 1.52. The predicted molar refractivity (Wildman–Crippen MR) is 62.6 cm³/mol. The normalized spacial score (nSPS) is 17.8. The zero-order chi connectivity index (χ0) is 10.9. The average molecular weight is 202 g/mol. The minimum Gasteiger partial charge on any atom is -0.370 e. The Morgan fingerprint density at radius 3 is 2.27 bits per heavy atom. The third-order valence-electron chi connectivity index (χ3n) is 3.41. The molecule has 0 heterocycles. The van der Waals surface area contributed by atoms with Crippen LogP contribution in [0.4, 0.5) is 0 Å². The third kappa shape index (κ3) is 2.13. The monoisotopic (exact) mass is 202 g/mol. The smallest absolute Gasteiger partial charge is 0.0753 e. The molecule has 0 N–H and O–H groups in total. The summed E-state index contributed by atoms with van der Waals surface area (Å²) in [6, 6.07) is 10.3. The molecule has 1 aromatic carbocycles. The van der Waals surface area contributed by atoms with E-state index >= 15 is 0 Å². The number of hydrogen-bond acceptors (Lipinski definition) is 1.